The summed E-state index contributed by atoms with van der Waals surface area (Å²) in [6.45, 7) is 9.62. The van der Waals surface area contributed by atoms with Crippen LogP contribution in [0, 0.1) is 5.41 Å². The number of rotatable bonds is 29. The molecule has 0 unspecified atom stereocenters. The zero-order valence-electron chi connectivity index (χ0n) is 25.0. The van der Waals surface area contributed by atoms with Crippen molar-refractivity contribution in [1.82, 2.24) is 0 Å². The van der Waals surface area contributed by atoms with E-state index in [9.17, 15) is 0 Å². The molecule has 0 fully saturated rings. The number of unbranched alkanes of at least 4 members (excludes halogenated alkanes) is 23. The molecule has 0 spiro atoms. The van der Waals surface area contributed by atoms with Crippen molar-refractivity contribution in [2.45, 2.75) is 214 Å². The third kappa shape index (κ3) is 25.1. The van der Waals surface area contributed by atoms with Gasteiger partial charge in [0, 0.05) is 0 Å². The van der Waals surface area contributed by atoms with Crippen molar-refractivity contribution in [1.29, 1.82) is 0 Å². The monoisotopic (exact) mass is 479 g/mol. The highest BCUT2D eigenvalue weighted by Gasteiger charge is 2.22. The van der Waals surface area contributed by atoms with E-state index < -0.39 is 0 Å². The number of hydrogen-bond acceptors (Lipinski definition) is 0. The maximum absolute atomic E-state index is 2.66. The van der Waals surface area contributed by atoms with Crippen molar-refractivity contribution in [3.8, 4) is 0 Å². The first kappa shape index (κ1) is 34.0. The van der Waals surface area contributed by atoms with E-state index in [1.807, 2.05) is 0 Å². The van der Waals surface area contributed by atoms with Crippen molar-refractivity contribution in [2.24, 2.45) is 5.41 Å². The zero-order valence-corrected chi connectivity index (χ0v) is 25.0. The van der Waals surface area contributed by atoms with Crippen LogP contribution in [0.3, 0.4) is 0 Å². The molecule has 0 nitrogen and oxygen atoms in total. The molecule has 0 heterocycles. The van der Waals surface area contributed by atoms with Crippen LogP contribution in [0.2, 0.25) is 0 Å². The van der Waals surface area contributed by atoms with Crippen molar-refractivity contribution >= 4 is 0 Å². The van der Waals surface area contributed by atoms with Gasteiger partial charge < -0.3 is 0 Å². The van der Waals surface area contributed by atoms with E-state index in [4.69, 9.17) is 0 Å². The fraction of sp³-hybridized carbons (Fsp3) is 1.00. The van der Waals surface area contributed by atoms with E-state index in [1.54, 1.807) is 0 Å². The molecule has 0 saturated carbocycles. The molecule has 206 valence electrons. The van der Waals surface area contributed by atoms with Gasteiger partial charge in [-0.3, -0.25) is 0 Å². The molecule has 0 heteroatoms. The fourth-order valence-electron chi connectivity index (χ4n) is 5.79. The molecule has 0 amide bonds. The first-order chi connectivity index (χ1) is 16.7. The largest absolute Gasteiger partial charge is 0.0654 e. The molecule has 0 rings (SSSR count). The van der Waals surface area contributed by atoms with E-state index in [-0.39, 0.29) is 0 Å². The summed E-state index contributed by atoms with van der Waals surface area (Å²) in [6, 6.07) is 0. The Kier molecular flexibility index (Phi) is 27.6. The summed E-state index contributed by atoms with van der Waals surface area (Å²) < 4.78 is 0. The van der Waals surface area contributed by atoms with Crippen LogP contribution >= 0.6 is 0 Å². The van der Waals surface area contributed by atoms with E-state index >= 15 is 0 Å². The third-order valence-electron chi connectivity index (χ3n) is 8.40. The Balaban J connectivity index is 4.04. The second-order valence-corrected chi connectivity index (χ2v) is 12.2. The van der Waals surface area contributed by atoms with Gasteiger partial charge in [0.25, 0.3) is 0 Å². The molecule has 0 aromatic rings. The molecule has 0 aliphatic rings. The van der Waals surface area contributed by atoms with E-state index in [1.165, 1.54) is 186 Å². The van der Waals surface area contributed by atoms with Crippen molar-refractivity contribution < 1.29 is 0 Å². The highest BCUT2D eigenvalue weighted by Crippen LogP contribution is 2.37. The van der Waals surface area contributed by atoms with Crippen LogP contribution in [-0.4, -0.2) is 0 Å². The summed E-state index contributed by atoms with van der Waals surface area (Å²) in [7, 11) is 0. The lowest BCUT2D eigenvalue weighted by Crippen LogP contribution is -2.16. The quantitative estimate of drug-likeness (QED) is 0.0937. The SMILES string of the molecule is CCCCCCCCCCCC(C)(CCCCCCCCCC)CCCCCCCCCCC. The Bertz CT molecular complexity index is 335. The van der Waals surface area contributed by atoms with Crippen molar-refractivity contribution in [3.63, 3.8) is 0 Å². The summed E-state index contributed by atoms with van der Waals surface area (Å²) in [5.74, 6) is 0. The molecule has 0 aliphatic heterocycles. The van der Waals surface area contributed by atoms with Gasteiger partial charge in [0.2, 0.25) is 0 Å². The molecular weight excluding hydrogens is 408 g/mol. The Morgan fingerprint density at radius 2 is 0.441 bits per heavy atom. The summed E-state index contributed by atoms with van der Waals surface area (Å²) in [5, 5.41) is 0. The van der Waals surface area contributed by atoms with Gasteiger partial charge in [0.1, 0.15) is 0 Å². The maximum atomic E-state index is 2.66. The maximum Gasteiger partial charge on any atom is -0.0326 e. The molecular formula is C34H70. The standard InChI is InChI=1S/C34H70/c1-5-8-11-14-17-20-23-26-29-32-34(4,31-28-25-22-19-16-13-10-7-3)33-30-27-24-21-18-15-12-9-6-2/h5-33H2,1-4H3. The van der Waals surface area contributed by atoms with Crippen LogP contribution < -0.4 is 0 Å². The van der Waals surface area contributed by atoms with Gasteiger partial charge >= 0.3 is 0 Å². The van der Waals surface area contributed by atoms with Gasteiger partial charge in [-0.25, -0.2) is 0 Å². The second kappa shape index (κ2) is 27.6. The summed E-state index contributed by atoms with van der Waals surface area (Å²) in [4.78, 5) is 0. The molecule has 0 N–H and O–H groups in total. The first-order valence-corrected chi connectivity index (χ1v) is 16.7. The predicted octanol–water partition coefficient (Wildman–Crippen LogP) is 13.4. The van der Waals surface area contributed by atoms with Gasteiger partial charge in [-0.05, 0) is 24.7 Å². The van der Waals surface area contributed by atoms with Crippen LogP contribution in [0.15, 0.2) is 0 Å². The van der Waals surface area contributed by atoms with Gasteiger partial charge in [0.05, 0.1) is 0 Å². The van der Waals surface area contributed by atoms with Crippen LogP contribution in [0.4, 0.5) is 0 Å². The smallest absolute Gasteiger partial charge is 0.0326 e. The molecule has 0 atom stereocenters. The minimum Gasteiger partial charge on any atom is -0.0654 e. The second-order valence-electron chi connectivity index (χ2n) is 12.2. The van der Waals surface area contributed by atoms with Crippen molar-refractivity contribution in [2.75, 3.05) is 0 Å². The molecule has 0 aromatic heterocycles. The Morgan fingerprint density at radius 3 is 0.647 bits per heavy atom. The molecule has 0 saturated heterocycles. The Labute approximate surface area is 219 Å². The van der Waals surface area contributed by atoms with E-state index in [0.29, 0.717) is 5.41 Å². The summed E-state index contributed by atoms with van der Waals surface area (Å²) in [5.41, 5.74) is 0.629. The van der Waals surface area contributed by atoms with E-state index in [0.717, 1.165) is 0 Å². The first-order valence-electron chi connectivity index (χ1n) is 16.7. The minimum atomic E-state index is 0.629. The predicted molar refractivity (Wildman–Crippen MR) is 159 cm³/mol. The number of hydrogen-bond donors (Lipinski definition) is 0. The fourth-order valence-corrected chi connectivity index (χ4v) is 5.79. The normalized spacial score (nSPS) is 12.0. The van der Waals surface area contributed by atoms with Crippen LogP contribution in [-0.2, 0) is 0 Å². The molecule has 0 aliphatic carbocycles. The lowest BCUT2D eigenvalue weighted by Gasteiger charge is -2.30. The van der Waals surface area contributed by atoms with Gasteiger partial charge in [0.15, 0.2) is 0 Å². The minimum absolute atomic E-state index is 0.629. The highest BCUT2D eigenvalue weighted by atomic mass is 14.3. The molecule has 0 aromatic carbocycles. The lowest BCUT2D eigenvalue weighted by molar-refractivity contribution is 0.222. The van der Waals surface area contributed by atoms with Gasteiger partial charge in [-0.2, -0.15) is 0 Å². The molecule has 0 radical (unpaired) electrons. The van der Waals surface area contributed by atoms with Gasteiger partial charge in [-0.15, -0.1) is 0 Å². The zero-order chi connectivity index (χ0) is 25.0. The molecule has 0 bridgehead atoms. The summed E-state index contributed by atoms with van der Waals surface area (Å²) >= 11 is 0. The average molecular weight is 479 g/mol. The van der Waals surface area contributed by atoms with Crippen LogP contribution in [0.1, 0.15) is 214 Å². The Morgan fingerprint density at radius 1 is 0.265 bits per heavy atom. The van der Waals surface area contributed by atoms with Gasteiger partial charge in [-0.1, -0.05) is 195 Å². The van der Waals surface area contributed by atoms with Crippen molar-refractivity contribution in [3.05, 3.63) is 0 Å². The average Bonchev–Trinajstić information content (AvgIpc) is 2.84. The lowest BCUT2D eigenvalue weighted by atomic mass is 9.75. The summed E-state index contributed by atoms with van der Waals surface area (Å²) in [6.07, 6.45) is 42.5. The third-order valence-corrected chi connectivity index (χ3v) is 8.40. The Hall–Kier alpha value is 0. The highest BCUT2D eigenvalue weighted by molar-refractivity contribution is 4.75. The van der Waals surface area contributed by atoms with Crippen LogP contribution in [0.25, 0.3) is 0 Å². The van der Waals surface area contributed by atoms with Crippen LogP contribution in [0.5, 0.6) is 0 Å². The molecule has 34 heavy (non-hydrogen) atoms. The van der Waals surface area contributed by atoms with E-state index in [2.05, 4.69) is 27.7 Å². The topological polar surface area (TPSA) is 0 Å².